The largest absolute Gasteiger partial charge is 0.393 e. The number of fused-ring (bicyclic) bond motifs is 2. The molecular formula is C14H25NO. The molecule has 2 N–H and O–H groups in total. The maximum Gasteiger partial charge on any atom is 0.0570 e. The number of nitrogens with one attached hydrogen (secondary N) is 1. The van der Waals surface area contributed by atoms with Gasteiger partial charge in [0.25, 0.3) is 0 Å². The Morgan fingerprint density at radius 2 is 1.81 bits per heavy atom. The summed E-state index contributed by atoms with van der Waals surface area (Å²) in [6.07, 6.45) is 6.08. The van der Waals surface area contributed by atoms with Gasteiger partial charge in [-0.3, -0.25) is 0 Å². The summed E-state index contributed by atoms with van der Waals surface area (Å²) in [7, 11) is 0. The van der Waals surface area contributed by atoms with Gasteiger partial charge in [0.2, 0.25) is 0 Å². The van der Waals surface area contributed by atoms with E-state index in [1.807, 2.05) is 0 Å². The molecule has 3 rings (SSSR count). The Balaban J connectivity index is 1.70. The van der Waals surface area contributed by atoms with E-state index in [9.17, 15) is 5.11 Å². The summed E-state index contributed by atoms with van der Waals surface area (Å²) >= 11 is 0. The van der Waals surface area contributed by atoms with E-state index in [4.69, 9.17) is 0 Å². The third kappa shape index (κ3) is 1.26. The molecule has 16 heavy (non-hydrogen) atoms. The number of rotatable bonds is 2. The Hall–Kier alpha value is -0.0800. The summed E-state index contributed by atoms with van der Waals surface area (Å²) in [5.74, 6) is 0.917. The number of hydrogen-bond acceptors (Lipinski definition) is 2. The standard InChI is InChI=1S/C14H25NO/c1-13(2)9-4-5-14(13,3)12(6-9)15-10-7-11(16)8-10/h9-12,15-16H,4-8H2,1-3H3. The van der Waals surface area contributed by atoms with Crippen LogP contribution in [0.5, 0.6) is 0 Å². The molecule has 2 heteroatoms. The van der Waals surface area contributed by atoms with E-state index in [1.54, 1.807) is 0 Å². The Morgan fingerprint density at radius 3 is 2.25 bits per heavy atom. The summed E-state index contributed by atoms with van der Waals surface area (Å²) in [5, 5.41) is 13.2. The van der Waals surface area contributed by atoms with Crippen molar-refractivity contribution in [2.24, 2.45) is 16.7 Å². The Labute approximate surface area is 98.8 Å². The van der Waals surface area contributed by atoms with E-state index in [2.05, 4.69) is 26.1 Å². The van der Waals surface area contributed by atoms with Crippen molar-refractivity contribution in [2.75, 3.05) is 0 Å². The molecule has 3 atom stereocenters. The highest BCUT2D eigenvalue weighted by molar-refractivity contribution is 5.13. The fourth-order valence-corrected chi connectivity index (χ4v) is 4.46. The lowest BCUT2D eigenvalue weighted by atomic mass is 9.69. The van der Waals surface area contributed by atoms with Crippen molar-refractivity contribution in [3.8, 4) is 0 Å². The topological polar surface area (TPSA) is 32.3 Å². The monoisotopic (exact) mass is 223 g/mol. The molecule has 3 aliphatic carbocycles. The van der Waals surface area contributed by atoms with E-state index in [-0.39, 0.29) is 6.10 Å². The first-order valence-electron chi connectivity index (χ1n) is 6.87. The van der Waals surface area contributed by atoms with Crippen LogP contribution < -0.4 is 5.32 Å². The zero-order chi connectivity index (χ0) is 11.6. The van der Waals surface area contributed by atoms with Crippen molar-refractivity contribution in [1.82, 2.24) is 5.32 Å². The summed E-state index contributed by atoms with van der Waals surface area (Å²) in [6.45, 7) is 7.40. The molecule has 3 unspecified atom stereocenters. The van der Waals surface area contributed by atoms with Crippen LogP contribution in [0.2, 0.25) is 0 Å². The molecule has 3 aliphatic rings. The van der Waals surface area contributed by atoms with Gasteiger partial charge in [0.15, 0.2) is 0 Å². The number of aliphatic hydroxyl groups is 1. The zero-order valence-corrected chi connectivity index (χ0v) is 10.8. The minimum absolute atomic E-state index is 0.0306. The van der Waals surface area contributed by atoms with Gasteiger partial charge in [0.05, 0.1) is 6.10 Å². The molecule has 2 bridgehead atoms. The first-order valence-corrected chi connectivity index (χ1v) is 6.87. The van der Waals surface area contributed by atoms with Crippen molar-refractivity contribution < 1.29 is 5.11 Å². The predicted molar refractivity (Wildman–Crippen MR) is 65.2 cm³/mol. The van der Waals surface area contributed by atoms with Crippen LogP contribution in [0.1, 0.15) is 52.9 Å². The highest BCUT2D eigenvalue weighted by Gasteiger charge is 2.61. The number of hydrogen-bond donors (Lipinski definition) is 2. The summed E-state index contributed by atoms with van der Waals surface area (Å²) in [4.78, 5) is 0. The highest BCUT2D eigenvalue weighted by Crippen LogP contribution is 2.65. The summed E-state index contributed by atoms with van der Waals surface area (Å²) in [6, 6.07) is 1.28. The number of aliphatic hydroxyl groups excluding tert-OH is 1. The maximum absolute atomic E-state index is 9.35. The Kier molecular flexibility index (Phi) is 2.23. The average molecular weight is 223 g/mol. The van der Waals surface area contributed by atoms with Gasteiger partial charge in [0, 0.05) is 12.1 Å². The van der Waals surface area contributed by atoms with Gasteiger partial charge in [0.1, 0.15) is 0 Å². The van der Waals surface area contributed by atoms with Crippen molar-refractivity contribution in [3.63, 3.8) is 0 Å². The van der Waals surface area contributed by atoms with Crippen molar-refractivity contribution >= 4 is 0 Å². The molecular weight excluding hydrogens is 198 g/mol. The van der Waals surface area contributed by atoms with Crippen LogP contribution in [-0.2, 0) is 0 Å². The molecule has 0 amide bonds. The molecule has 0 heterocycles. The third-order valence-corrected chi connectivity index (χ3v) is 6.34. The van der Waals surface area contributed by atoms with E-state index < -0.39 is 0 Å². The second-order valence-electron chi connectivity index (χ2n) is 7.15. The molecule has 0 aromatic carbocycles. The minimum atomic E-state index is -0.0306. The van der Waals surface area contributed by atoms with Gasteiger partial charge >= 0.3 is 0 Å². The first-order chi connectivity index (χ1) is 7.43. The van der Waals surface area contributed by atoms with Crippen LogP contribution in [0, 0.1) is 16.7 Å². The fraction of sp³-hybridized carbons (Fsp3) is 1.00. The van der Waals surface area contributed by atoms with Gasteiger partial charge in [-0.2, -0.15) is 0 Å². The lowest BCUT2D eigenvalue weighted by molar-refractivity contribution is 0.0393. The first kappa shape index (κ1) is 11.0. The summed E-state index contributed by atoms with van der Waals surface area (Å²) < 4.78 is 0. The van der Waals surface area contributed by atoms with E-state index in [1.165, 1.54) is 19.3 Å². The Bertz CT molecular complexity index is 295. The average Bonchev–Trinajstić information content (AvgIpc) is 2.48. The van der Waals surface area contributed by atoms with E-state index in [0.29, 0.717) is 22.9 Å². The second kappa shape index (κ2) is 3.23. The van der Waals surface area contributed by atoms with Gasteiger partial charge in [-0.15, -0.1) is 0 Å². The summed E-state index contributed by atoms with van der Waals surface area (Å²) in [5.41, 5.74) is 0.991. The minimum Gasteiger partial charge on any atom is -0.393 e. The van der Waals surface area contributed by atoms with E-state index >= 15 is 0 Å². The molecule has 0 spiro atoms. The quantitative estimate of drug-likeness (QED) is 0.753. The van der Waals surface area contributed by atoms with Crippen LogP contribution in [-0.4, -0.2) is 23.3 Å². The maximum atomic E-state index is 9.35. The SMILES string of the molecule is CC1(C)C2CCC1(C)C(NC1CC(O)C1)C2. The normalized spacial score (nSPS) is 54.0. The molecule has 92 valence electrons. The van der Waals surface area contributed by atoms with Crippen molar-refractivity contribution in [1.29, 1.82) is 0 Å². The van der Waals surface area contributed by atoms with Gasteiger partial charge in [-0.1, -0.05) is 20.8 Å². The molecule has 0 aromatic rings. The molecule has 0 aromatic heterocycles. The van der Waals surface area contributed by atoms with E-state index in [0.717, 1.165) is 18.8 Å². The predicted octanol–water partition coefficient (Wildman–Crippen LogP) is 2.31. The third-order valence-electron chi connectivity index (χ3n) is 6.34. The van der Waals surface area contributed by atoms with Crippen molar-refractivity contribution in [3.05, 3.63) is 0 Å². The zero-order valence-electron chi connectivity index (χ0n) is 10.8. The molecule has 3 saturated carbocycles. The molecule has 0 radical (unpaired) electrons. The lowest BCUT2D eigenvalue weighted by Gasteiger charge is -2.43. The molecule has 2 nitrogen and oxygen atoms in total. The fourth-order valence-electron chi connectivity index (χ4n) is 4.46. The lowest BCUT2D eigenvalue weighted by Crippen LogP contribution is -2.53. The second-order valence-corrected chi connectivity index (χ2v) is 7.15. The Morgan fingerprint density at radius 1 is 1.12 bits per heavy atom. The van der Waals surface area contributed by atoms with Crippen LogP contribution in [0.4, 0.5) is 0 Å². The highest BCUT2D eigenvalue weighted by atomic mass is 16.3. The van der Waals surface area contributed by atoms with Gasteiger partial charge in [-0.25, -0.2) is 0 Å². The smallest absolute Gasteiger partial charge is 0.0570 e. The van der Waals surface area contributed by atoms with Crippen LogP contribution in [0.3, 0.4) is 0 Å². The van der Waals surface area contributed by atoms with Crippen LogP contribution >= 0.6 is 0 Å². The van der Waals surface area contributed by atoms with Crippen LogP contribution in [0.25, 0.3) is 0 Å². The molecule has 0 aliphatic heterocycles. The van der Waals surface area contributed by atoms with Gasteiger partial charge in [-0.05, 0) is 48.9 Å². The van der Waals surface area contributed by atoms with Crippen molar-refractivity contribution in [2.45, 2.75) is 71.1 Å². The van der Waals surface area contributed by atoms with Crippen LogP contribution in [0.15, 0.2) is 0 Å². The molecule has 0 saturated heterocycles. The van der Waals surface area contributed by atoms with Gasteiger partial charge < -0.3 is 10.4 Å². The molecule has 3 fully saturated rings.